The van der Waals surface area contributed by atoms with Crippen LogP contribution in [0.3, 0.4) is 0 Å². The molecule has 0 saturated carbocycles. The molecular formula is C15H22BrN. The highest BCUT2D eigenvalue weighted by Crippen LogP contribution is 2.23. The van der Waals surface area contributed by atoms with Gasteiger partial charge in [-0.15, -0.1) is 0 Å². The van der Waals surface area contributed by atoms with Gasteiger partial charge in [0.2, 0.25) is 0 Å². The van der Waals surface area contributed by atoms with Gasteiger partial charge >= 0.3 is 0 Å². The third-order valence-electron chi connectivity index (χ3n) is 3.93. The van der Waals surface area contributed by atoms with Gasteiger partial charge in [-0.05, 0) is 49.9 Å². The summed E-state index contributed by atoms with van der Waals surface area (Å²) < 4.78 is 0. The van der Waals surface area contributed by atoms with Crippen LogP contribution >= 0.6 is 15.9 Å². The maximum Gasteiger partial charge on any atom is 0.0242 e. The van der Waals surface area contributed by atoms with Crippen LogP contribution in [-0.4, -0.2) is 22.8 Å². The lowest BCUT2D eigenvalue weighted by Crippen LogP contribution is -2.40. The van der Waals surface area contributed by atoms with Crippen molar-refractivity contribution in [1.29, 1.82) is 0 Å². The monoisotopic (exact) mass is 295 g/mol. The Bertz CT molecular complexity index is 355. The van der Waals surface area contributed by atoms with E-state index in [2.05, 4.69) is 52.9 Å². The molecule has 1 aliphatic heterocycles. The van der Waals surface area contributed by atoms with Crippen LogP contribution in [0.2, 0.25) is 0 Å². The van der Waals surface area contributed by atoms with Crippen molar-refractivity contribution in [3.63, 3.8) is 0 Å². The Kier molecular flexibility index (Phi) is 4.63. The Morgan fingerprint density at radius 1 is 1.24 bits per heavy atom. The van der Waals surface area contributed by atoms with Gasteiger partial charge < -0.3 is 0 Å². The Balaban J connectivity index is 2.13. The second-order valence-corrected chi connectivity index (χ2v) is 5.79. The van der Waals surface area contributed by atoms with Crippen molar-refractivity contribution in [2.24, 2.45) is 0 Å². The SMILES string of the molecule is Cc1cccc(C)c1CN1CCCCC1CBr. The quantitative estimate of drug-likeness (QED) is 0.761. The highest BCUT2D eigenvalue weighted by atomic mass is 79.9. The maximum atomic E-state index is 3.66. The summed E-state index contributed by atoms with van der Waals surface area (Å²) in [7, 11) is 0. The molecule has 1 aromatic rings. The fourth-order valence-corrected chi connectivity index (χ4v) is 3.48. The summed E-state index contributed by atoms with van der Waals surface area (Å²) in [6, 6.07) is 7.35. The van der Waals surface area contributed by atoms with Crippen molar-refractivity contribution in [3.8, 4) is 0 Å². The first-order chi connectivity index (χ1) is 8.22. The molecule has 0 bridgehead atoms. The molecule has 1 fully saturated rings. The van der Waals surface area contributed by atoms with Crippen molar-refractivity contribution < 1.29 is 0 Å². The second-order valence-electron chi connectivity index (χ2n) is 5.14. The lowest BCUT2D eigenvalue weighted by molar-refractivity contribution is 0.156. The first kappa shape index (κ1) is 13.1. The number of hydrogen-bond acceptors (Lipinski definition) is 1. The number of likely N-dealkylation sites (tertiary alicyclic amines) is 1. The zero-order valence-electron chi connectivity index (χ0n) is 10.9. The number of hydrogen-bond donors (Lipinski definition) is 0. The number of rotatable bonds is 3. The molecule has 1 unspecified atom stereocenters. The minimum atomic E-state index is 0.725. The highest BCUT2D eigenvalue weighted by molar-refractivity contribution is 9.09. The molecule has 1 saturated heterocycles. The van der Waals surface area contributed by atoms with Crippen LogP contribution in [0.25, 0.3) is 0 Å². The molecule has 1 heterocycles. The fraction of sp³-hybridized carbons (Fsp3) is 0.600. The van der Waals surface area contributed by atoms with Crippen molar-refractivity contribution in [2.45, 2.75) is 45.7 Å². The lowest BCUT2D eigenvalue weighted by atomic mass is 9.98. The Hall–Kier alpha value is -0.340. The zero-order valence-corrected chi connectivity index (χ0v) is 12.5. The molecule has 0 aromatic heterocycles. The summed E-state index contributed by atoms with van der Waals surface area (Å²) in [6.45, 7) is 6.84. The van der Waals surface area contributed by atoms with E-state index in [1.807, 2.05) is 0 Å². The molecule has 94 valence electrons. The van der Waals surface area contributed by atoms with Gasteiger partial charge in [0.25, 0.3) is 0 Å². The number of benzene rings is 1. The molecule has 0 radical (unpaired) electrons. The number of aryl methyl sites for hydroxylation is 2. The molecule has 1 aromatic carbocycles. The molecule has 1 nitrogen and oxygen atoms in total. The predicted molar refractivity (Wildman–Crippen MR) is 77.8 cm³/mol. The molecule has 2 heteroatoms. The van der Waals surface area contributed by atoms with Gasteiger partial charge in [-0.2, -0.15) is 0 Å². The van der Waals surface area contributed by atoms with Crippen LogP contribution in [0.4, 0.5) is 0 Å². The molecular weight excluding hydrogens is 274 g/mol. The topological polar surface area (TPSA) is 3.24 Å². The van der Waals surface area contributed by atoms with Crippen LogP contribution in [0, 0.1) is 13.8 Å². The number of alkyl halides is 1. The third-order valence-corrected chi connectivity index (χ3v) is 4.68. The van der Waals surface area contributed by atoms with E-state index in [1.165, 1.54) is 42.5 Å². The molecule has 0 spiro atoms. The Labute approximate surface area is 113 Å². The van der Waals surface area contributed by atoms with E-state index in [9.17, 15) is 0 Å². The van der Waals surface area contributed by atoms with Crippen molar-refractivity contribution in [2.75, 3.05) is 11.9 Å². The summed E-state index contributed by atoms with van der Waals surface area (Å²) >= 11 is 3.66. The highest BCUT2D eigenvalue weighted by Gasteiger charge is 2.22. The van der Waals surface area contributed by atoms with E-state index >= 15 is 0 Å². The standard InChI is InChI=1S/C15H22BrN/c1-12-6-5-7-13(2)15(12)11-17-9-4-3-8-14(17)10-16/h5-7,14H,3-4,8-11H2,1-2H3. The predicted octanol–water partition coefficient (Wildman–Crippen LogP) is 4.05. The van der Waals surface area contributed by atoms with Gasteiger partial charge in [-0.3, -0.25) is 4.90 Å². The van der Waals surface area contributed by atoms with Gasteiger partial charge in [0.05, 0.1) is 0 Å². The van der Waals surface area contributed by atoms with Crippen molar-refractivity contribution in [1.82, 2.24) is 4.90 Å². The summed E-state index contributed by atoms with van der Waals surface area (Å²) in [5, 5.41) is 1.11. The summed E-state index contributed by atoms with van der Waals surface area (Å²) in [5.41, 5.74) is 4.40. The summed E-state index contributed by atoms with van der Waals surface area (Å²) in [6.07, 6.45) is 4.09. The molecule has 2 rings (SSSR count). The molecule has 17 heavy (non-hydrogen) atoms. The Morgan fingerprint density at radius 3 is 2.59 bits per heavy atom. The van der Waals surface area contributed by atoms with E-state index < -0.39 is 0 Å². The first-order valence-electron chi connectivity index (χ1n) is 6.57. The molecule has 0 N–H and O–H groups in total. The van der Waals surface area contributed by atoms with E-state index in [1.54, 1.807) is 0 Å². The van der Waals surface area contributed by atoms with Crippen LogP contribution in [0.15, 0.2) is 18.2 Å². The second kappa shape index (κ2) is 6.01. The van der Waals surface area contributed by atoms with Crippen LogP contribution in [0.5, 0.6) is 0 Å². The van der Waals surface area contributed by atoms with E-state index in [4.69, 9.17) is 0 Å². The molecule has 0 amide bonds. The smallest absolute Gasteiger partial charge is 0.0242 e. The molecule has 1 atom stereocenters. The van der Waals surface area contributed by atoms with Crippen molar-refractivity contribution in [3.05, 3.63) is 34.9 Å². The normalized spacial score (nSPS) is 21.7. The van der Waals surface area contributed by atoms with Crippen LogP contribution in [-0.2, 0) is 6.54 Å². The average molecular weight is 296 g/mol. The zero-order chi connectivity index (χ0) is 12.3. The van der Waals surface area contributed by atoms with Crippen LogP contribution in [0.1, 0.15) is 36.0 Å². The number of nitrogens with zero attached hydrogens (tertiary/aromatic N) is 1. The van der Waals surface area contributed by atoms with Gasteiger partial charge in [0.15, 0.2) is 0 Å². The lowest BCUT2D eigenvalue weighted by Gasteiger charge is -2.35. The average Bonchev–Trinajstić information content (AvgIpc) is 2.34. The van der Waals surface area contributed by atoms with Gasteiger partial charge in [0.1, 0.15) is 0 Å². The van der Waals surface area contributed by atoms with E-state index in [-0.39, 0.29) is 0 Å². The number of piperidine rings is 1. The van der Waals surface area contributed by atoms with E-state index in [0.717, 1.165) is 17.9 Å². The minimum absolute atomic E-state index is 0.725. The number of halogens is 1. The van der Waals surface area contributed by atoms with Gasteiger partial charge in [0, 0.05) is 17.9 Å². The van der Waals surface area contributed by atoms with Gasteiger partial charge in [-0.1, -0.05) is 40.5 Å². The summed E-state index contributed by atoms with van der Waals surface area (Å²) in [4.78, 5) is 2.65. The third kappa shape index (κ3) is 3.11. The van der Waals surface area contributed by atoms with Gasteiger partial charge in [-0.25, -0.2) is 0 Å². The van der Waals surface area contributed by atoms with Crippen molar-refractivity contribution >= 4 is 15.9 Å². The maximum absolute atomic E-state index is 3.66. The minimum Gasteiger partial charge on any atom is -0.295 e. The Morgan fingerprint density at radius 2 is 1.94 bits per heavy atom. The van der Waals surface area contributed by atoms with Crippen LogP contribution < -0.4 is 0 Å². The summed E-state index contributed by atoms with van der Waals surface area (Å²) in [5.74, 6) is 0. The molecule has 1 aliphatic rings. The van der Waals surface area contributed by atoms with E-state index in [0.29, 0.717) is 0 Å². The molecule has 0 aliphatic carbocycles. The fourth-order valence-electron chi connectivity index (χ4n) is 2.74. The first-order valence-corrected chi connectivity index (χ1v) is 7.69. The largest absolute Gasteiger partial charge is 0.295 e.